The van der Waals surface area contributed by atoms with E-state index in [4.69, 9.17) is 5.84 Å². The smallest absolute Gasteiger partial charge is 0.241 e. The van der Waals surface area contributed by atoms with Crippen LogP contribution in [0.4, 0.5) is 5.69 Å². The number of hydrogen-bond donors (Lipinski definition) is 4. The fourth-order valence-electron chi connectivity index (χ4n) is 2.18. The molecule has 0 spiro atoms. The molecule has 0 amide bonds. The Morgan fingerprint density at radius 1 is 1.29 bits per heavy atom. The standard InChI is InChI=1S/C12H18N6O2S/c1-8-5-10(17-13)6-9(2)12(8)21(19,20)16-4-3-11-14-7-15-18-11/h5-7,16-17H,3-4,13H2,1-2H3,(H,14,15,18). The Hall–Kier alpha value is -1.97. The average Bonchev–Trinajstić information content (AvgIpc) is 2.90. The number of aryl methyl sites for hydroxylation is 2. The number of anilines is 1. The minimum atomic E-state index is -3.58. The first-order valence-electron chi connectivity index (χ1n) is 6.36. The highest BCUT2D eigenvalue weighted by Crippen LogP contribution is 2.23. The van der Waals surface area contributed by atoms with E-state index in [9.17, 15) is 8.42 Å². The monoisotopic (exact) mass is 310 g/mol. The van der Waals surface area contributed by atoms with Gasteiger partial charge < -0.3 is 5.43 Å². The Bertz CT molecular complexity index is 688. The molecule has 114 valence electrons. The van der Waals surface area contributed by atoms with E-state index in [1.54, 1.807) is 26.0 Å². The summed E-state index contributed by atoms with van der Waals surface area (Å²) in [7, 11) is -3.58. The average molecular weight is 310 g/mol. The SMILES string of the molecule is Cc1cc(NN)cc(C)c1S(=O)(=O)NCCc1ncn[nH]1. The van der Waals surface area contributed by atoms with Crippen molar-refractivity contribution in [1.29, 1.82) is 0 Å². The molecule has 0 atom stereocenters. The van der Waals surface area contributed by atoms with Crippen molar-refractivity contribution in [1.82, 2.24) is 19.9 Å². The molecular weight excluding hydrogens is 292 g/mol. The number of hydrogen-bond acceptors (Lipinski definition) is 6. The zero-order chi connectivity index (χ0) is 15.5. The summed E-state index contributed by atoms with van der Waals surface area (Å²) in [6.45, 7) is 3.71. The number of sulfonamides is 1. The first-order valence-corrected chi connectivity index (χ1v) is 7.84. The zero-order valence-corrected chi connectivity index (χ0v) is 12.7. The number of aromatic nitrogens is 3. The lowest BCUT2D eigenvalue weighted by Crippen LogP contribution is -2.27. The number of nitrogens with zero attached hydrogens (tertiary/aromatic N) is 2. The van der Waals surface area contributed by atoms with E-state index in [0.29, 0.717) is 29.1 Å². The first kappa shape index (κ1) is 15.4. The summed E-state index contributed by atoms with van der Waals surface area (Å²) in [6.07, 6.45) is 1.83. The van der Waals surface area contributed by atoms with Crippen LogP contribution < -0.4 is 16.0 Å². The zero-order valence-electron chi connectivity index (χ0n) is 11.8. The maximum absolute atomic E-state index is 12.4. The Kier molecular flexibility index (Phi) is 4.56. The van der Waals surface area contributed by atoms with Gasteiger partial charge in [-0.1, -0.05) is 0 Å². The number of rotatable bonds is 6. The van der Waals surface area contributed by atoms with Gasteiger partial charge in [0.2, 0.25) is 10.0 Å². The predicted molar refractivity (Wildman–Crippen MR) is 79.0 cm³/mol. The fourth-order valence-corrected chi connectivity index (χ4v) is 3.67. The third-order valence-electron chi connectivity index (χ3n) is 3.01. The maximum atomic E-state index is 12.4. The highest BCUT2D eigenvalue weighted by Gasteiger charge is 2.19. The molecule has 2 rings (SSSR count). The summed E-state index contributed by atoms with van der Waals surface area (Å²) in [5, 5.41) is 6.39. The Morgan fingerprint density at radius 2 is 1.95 bits per heavy atom. The molecule has 9 heteroatoms. The summed E-state index contributed by atoms with van der Waals surface area (Å²) in [5.41, 5.74) is 4.46. The highest BCUT2D eigenvalue weighted by molar-refractivity contribution is 7.89. The lowest BCUT2D eigenvalue weighted by molar-refractivity contribution is 0.579. The first-order chi connectivity index (χ1) is 9.94. The van der Waals surface area contributed by atoms with Crippen LogP contribution in [0, 0.1) is 13.8 Å². The third kappa shape index (κ3) is 3.57. The van der Waals surface area contributed by atoms with Gasteiger partial charge >= 0.3 is 0 Å². The number of hydrazine groups is 1. The minimum absolute atomic E-state index is 0.243. The van der Waals surface area contributed by atoms with Gasteiger partial charge in [-0.25, -0.2) is 18.1 Å². The van der Waals surface area contributed by atoms with Crippen LogP contribution in [0.2, 0.25) is 0 Å². The molecule has 21 heavy (non-hydrogen) atoms. The molecule has 1 heterocycles. The number of nitrogens with one attached hydrogen (secondary N) is 3. The molecule has 0 fully saturated rings. The maximum Gasteiger partial charge on any atom is 0.241 e. The van der Waals surface area contributed by atoms with Gasteiger partial charge in [0.05, 0.1) is 4.90 Å². The second-order valence-corrected chi connectivity index (χ2v) is 6.37. The molecule has 5 N–H and O–H groups in total. The molecule has 0 saturated heterocycles. The van der Waals surface area contributed by atoms with Crippen LogP contribution in [0.15, 0.2) is 23.4 Å². The third-order valence-corrected chi connectivity index (χ3v) is 4.78. The van der Waals surface area contributed by atoms with Crippen molar-refractivity contribution in [3.8, 4) is 0 Å². The summed E-state index contributed by atoms with van der Waals surface area (Å²) in [4.78, 5) is 4.22. The quantitative estimate of drug-likeness (QED) is 0.447. The fraction of sp³-hybridized carbons (Fsp3) is 0.333. The van der Waals surface area contributed by atoms with Gasteiger partial charge in [-0.15, -0.1) is 0 Å². The van der Waals surface area contributed by atoms with Crippen molar-refractivity contribution in [3.05, 3.63) is 35.4 Å². The molecule has 0 aliphatic rings. The lowest BCUT2D eigenvalue weighted by Gasteiger charge is -2.13. The number of nitrogens with two attached hydrogens (primary N) is 1. The number of nitrogen functional groups attached to an aromatic ring is 1. The molecule has 2 aromatic rings. The molecule has 0 bridgehead atoms. The summed E-state index contributed by atoms with van der Waals surface area (Å²) >= 11 is 0. The van der Waals surface area contributed by atoms with Gasteiger partial charge in [0.25, 0.3) is 0 Å². The van der Waals surface area contributed by atoms with E-state index >= 15 is 0 Å². The van der Waals surface area contributed by atoms with Crippen molar-refractivity contribution in [3.63, 3.8) is 0 Å². The van der Waals surface area contributed by atoms with Crippen molar-refractivity contribution < 1.29 is 8.42 Å². The summed E-state index contributed by atoms with van der Waals surface area (Å²) in [5.74, 6) is 5.98. The highest BCUT2D eigenvalue weighted by atomic mass is 32.2. The molecule has 0 aliphatic carbocycles. The van der Waals surface area contributed by atoms with Crippen LogP contribution in [-0.4, -0.2) is 30.1 Å². The molecule has 0 radical (unpaired) electrons. The van der Waals surface area contributed by atoms with Crippen LogP contribution in [-0.2, 0) is 16.4 Å². The predicted octanol–water partition coefficient (Wildman–Crippen LogP) is 0.228. The van der Waals surface area contributed by atoms with Crippen LogP contribution in [0.3, 0.4) is 0 Å². The second kappa shape index (κ2) is 6.20. The van der Waals surface area contributed by atoms with Crippen LogP contribution in [0.25, 0.3) is 0 Å². The number of aromatic amines is 1. The normalized spacial score (nSPS) is 11.6. The Morgan fingerprint density at radius 3 is 2.48 bits per heavy atom. The second-order valence-electron chi connectivity index (χ2n) is 4.66. The largest absolute Gasteiger partial charge is 0.324 e. The van der Waals surface area contributed by atoms with Gasteiger partial charge in [0, 0.05) is 18.7 Å². The molecule has 0 unspecified atom stereocenters. The van der Waals surface area contributed by atoms with Crippen LogP contribution in [0.5, 0.6) is 0 Å². The topological polar surface area (TPSA) is 126 Å². The number of benzene rings is 1. The van der Waals surface area contributed by atoms with Gasteiger partial charge in [-0.3, -0.25) is 10.9 Å². The van der Waals surface area contributed by atoms with Crippen molar-refractivity contribution in [2.75, 3.05) is 12.0 Å². The summed E-state index contributed by atoms with van der Waals surface area (Å²) < 4.78 is 27.4. The van der Waals surface area contributed by atoms with Gasteiger partial charge in [-0.2, -0.15) is 5.10 Å². The number of H-pyrrole nitrogens is 1. The van der Waals surface area contributed by atoms with Gasteiger partial charge in [0.1, 0.15) is 12.2 Å². The van der Waals surface area contributed by atoms with E-state index in [0.717, 1.165) is 0 Å². The van der Waals surface area contributed by atoms with E-state index in [-0.39, 0.29) is 11.4 Å². The molecule has 0 aliphatic heterocycles. The minimum Gasteiger partial charge on any atom is -0.324 e. The van der Waals surface area contributed by atoms with Gasteiger partial charge in [0.15, 0.2) is 0 Å². The summed E-state index contributed by atoms with van der Waals surface area (Å²) in [6, 6.07) is 3.38. The van der Waals surface area contributed by atoms with Crippen LogP contribution >= 0.6 is 0 Å². The molecule has 0 saturated carbocycles. The lowest BCUT2D eigenvalue weighted by atomic mass is 10.1. The van der Waals surface area contributed by atoms with E-state index in [2.05, 4.69) is 25.3 Å². The van der Waals surface area contributed by atoms with Gasteiger partial charge in [-0.05, 0) is 37.1 Å². The molecular formula is C12H18N6O2S. The van der Waals surface area contributed by atoms with Crippen LogP contribution in [0.1, 0.15) is 17.0 Å². The Labute approximate surface area is 123 Å². The van der Waals surface area contributed by atoms with E-state index in [1.807, 2.05) is 0 Å². The van der Waals surface area contributed by atoms with E-state index < -0.39 is 10.0 Å². The molecule has 1 aromatic heterocycles. The van der Waals surface area contributed by atoms with Crippen molar-refractivity contribution in [2.24, 2.45) is 5.84 Å². The van der Waals surface area contributed by atoms with Crippen molar-refractivity contribution in [2.45, 2.75) is 25.2 Å². The molecule has 8 nitrogen and oxygen atoms in total. The van der Waals surface area contributed by atoms with Crippen molar-refractivity contribution >= 4 is 15.7 Å². The molecule has 1 aromatic carbocycles. The van der Waals surface area contributed by atoms with E-state index in [1.165, 1.54) is 6.33 Å². The Balaban J connectivity index is 2.15.